The van der Waals surface area contributed by atoms with Gasteiger partial charge in [-0.3, -0.25) is 4.79 Å². The average molecular weight is 411 g/mol. The van der Waals surface area contributed by atoms with Crippen LogP contribution in [0.5, 0.6) is 0 Å². The first-order valence-electron chi connectivity index (χ1n) is 13.2. The van der Waals surface area contributed by atoms with Crippen LogP contribution in [-0.4, -0.2) is 11.1 Å². The second-order valence-corrected chi connectivity index (χ2v) is 9.86. The molecular formula is C27H54O2. The first-order valence-corrected chi connectivity index (χ1v) is 13.2. The third kappa shape index (κ3) is 15.9. The molecule has 0 aromatic carbocycles. The Morgan fingerprint density at radius 2 is 1.10 bits per heavy atom. The molecule has 0 rings (SSSR count). The molecule has 174 valence electrons. The number of carbonyl (C=O) groups is 1. The van der Waals surface area contributed by atoms with E-state index in [2.05, 4.69) is 20.8 Å². The van der Waals surface area contributed by atoms with Gasteiger partial charge in [-0.05, 0) is 25.7 Å². The van der Waals surface area contributed by atoms with Gasteiger partial charge in [0.15, 0.2) is 0 Å². The van der Waals surface area contributed by atoms with Gasteiger partial charge >= 0.3 is 5.97 Å². The molecule has 0 aromatic heterocycles. The van der Waals surface area contributed by atoms with Gasteiger partial charge in [0, 0.05) is 0 Å². The Labute approximate surface area is 183 Å². The molecule has 0 radical (unpaired) electrons. The largest absolute Gasteiger partial charge is 0.481 e. The number of aliphatic carboxylic acids is 1. The van der Waals surface area contributed by atoms with Crippen LogP contribution in [0, 0.1) is 11.3 Å². The van der Waals surface area contributed by atoms with E-state index >= 15 is 0 Å². The SMILES string of the molecule is CCCCCCCCCCCCC(CCC)CC(C)(CCCCCCC)C(=O)O. The summed E-state index contributed by atoms with van der Waals surface area (Å²) in [5.41, 5.74) is -0.523. The van der Waals surface area contributed by atoms with Crippen LogP contribution in [0.3, 0.4) is 0 Å². The van der Waals surface area contributed by atoms with Crippen molar-refractivity contribution in [2.45, 2.75) is 156 Å². The molecule has 0 aliphatic carbocycles. The van der Waals surface area contributed by atoms with Crippen molar-refractivity contribution in [3.63, 3.8) is 0 Å². The molecule has 0 aromatic rings. The lowest BCUT2D eigenvalue weighted by molar-refractivity contribution is -0.149. The summed E-state index contributed by atoms with van der Waals surface area (Å²) in [6, 6.07) is 0. The zero-order valence-corrected chi connectivity index (χ0v) is 20.6. The highest BCUT2D eigenvalue weighted by molar-refractivity contribution is 5.74. The van der Waals surface area contributed by atoms with Crippen LogP contribution >= 0.6 is 0 Å². The average Bonchev–Trinajstić information content (AvgIpc) is 2.69. The predicted molar refractivity (Wildman–Crippen MR) is 129 cm³/mol. The molecule has 0 aliphatic rings. The number of hydrogen-bond acceptors (Lipinski definition) is 1. The maximum Gasteiger partial charge on any atom is 0.309 e. The molecule has 29 heavy (non-hydrogen) atoms. The first kappa shape index (κ1) is 28.5. The van der Waals surface area contributed by atoms with Crippen molar-refractivity contribution in [2.24, 2.45) is 11.3 Å². The molecule has 0 bridgehead atoms. The van der Waals surface area contributed by atoms with Gasteiger partial charge in [-0.1, -0.05) is 136 Å². The van der Waals surface area contributed by atoms with Gasteiger partial charge < -0.3 is 5.11 Å². The maximum atomic E-state index is 12.0. The van der Waals surface area contributed by atoms with Crippen LogP contribution in [0.1, 0.15) is 156 Å². The Balaban J connectivity index is 4.13. The van der Waals surface area contributed by atoms with Crippen LogP contribution in [0.2, 0.25) is 0 Å². The molecule has 2 unspecified atom stereocenters. The van der Waals surface area contributed by atoms with E-state index in [-0.39, 0.29) is 0 Å². The van der Waals surface area contributed by atoms with E-state index in [1.807, 2.05) is 6.92 Å². The van der Waals surface area contributed by atoms with Crippen LogP contribution in [0.4, 0.5) is 0 Å². The topological polar surface area (TPSA) is 37.3 Å². The van der Waals surface area contributed by atoms with E-state index < -0.39 is 11.4 Å². The molecule has 2 heteroatoms. The van der Waals surface area contributed by atoms with Gasteiger partial charge in [0.25, 0.3) is 0 Å². The molecular weight excluding hydrogens is 356 g/mol. The number of unbranched alkanes of at least 4 members (excludes halogenated alkanes) is 13. The van der Waals surface area contributed by atoms with Gasteiger partial charge in [0.05, 0.1) is 5.41 Å². The predicted octanol–water partition coefficient (Wildman–Crippen LogP) is 9.56. The zero-order chi connectivity index (χ0) is 21.8. The number of carboxylic acids is 1. The van der Waals surface area contributed by atoms with Gasteiger partial charge in [-0.25, -0.2) is 0 Å². The van der Waals surface area contributed by atoms with Gasteiger partial charge in [-0.15, -0.1) is 0 Å². The number of carboxylic acid groups (broad SMARTS) is 1. The van der Waals surface area contributed by atoms with Crippen molar-refractivity contribution in [2.75, 3.05) is 0 Å². The summed E-state index contributed by atoms with van der Waals surface area (Å²) >= 11 is 0. The van der Waals surface area contributed by atoms with Gasteiger partial charge in [-0.2, -0.15) is 0 Å². The van der Waals surface area contributed by atoms with Gasteiger partial charge in [0.1, 0.15) is 0 Å². The normalized spacial score (nSPS) is 14.6. The van der Waals surface area contributed by atoms with Crippen LogP contribution in [0.25, 0.3) is 0 Å². The minimum absolute atomic E-state index is 0.523. The molecule has 0 fully saturated rings. The summed E-state index contributed by atoms with van der Waals surface area (Å²) in [6.45, 7) is 8.76. The molecule has 0 spiro atoms. The second-order valence-electron chi connectivity index (χ2n) is 9.86. The van der Waals surface area contributed by atoms with Crippen molar-refractivity contribution in [3.05, 3.63) is 0 Å². The third-order valence-electron chi connectivity index (χ3n) is 6.75. The summed E-state index contributed by atoms with van der Waals surface area (Å²) in [5, 5.41) is 9.90. The van der Waals surface area contributed by atoms with E-state index in [0.29, 0.717) is 5.92 Å². The fourth-order valence-corrected chi connectivity index (χ4v) is 4.73. The molecule has 0 aliphatic heterocycles. The summed E-state index contributed by atoms with van der Waals surface area (Å²) in [4.78, 5) is 12.0. The molecule has 0 amide bonds. The van der Waals surface area contributed by atoms with Crippen LogP contribution in [-0.2, 0) is 4.79 Å². The van der Waals surface area contributed by atoms with E-state index in [1.54, 1.807) is 0 Å². The summed E-state index contributed by atoms with van der Waals surface area (Å²) in [5.74, 6) is 0.0166. The second kappa shape index (κ2) is 19.4. The Morgan fingerprint density at radius 3 is 1.55 bits per heavy atom. The number of rotatable bonds is 22. The van der Waals surface area contributed by atoms with Crippen LogP contribution < -0.4 is 0 Å². The lowest BCUT2D eigenvalue weighted by Gasteiger charge is -2.30. The van der Waals surface area contributed by atoms with Crippen molar-refractivity contribution < 1.29 is 9.90 Å². The lowest BCUT2D eigenvalue weighted by atomic mass is 9.74. The standard InChI is InChI=1S/C27H54O2/c1-5-8-10-12-13-14-15-16-17-19-22-25(21-7-3)24-27(4,26(28)29)23-20-18-11-9-6-2/h25H,5-24H2,1-4H3,(H,28,29). The minimum atomic E-state index is -0.572. The lowest BCUT2D eigenvalue weighted by Crippen LogP contribution is -2.30. The van der Waals surface area contributed by atoms with E-state index in [9.17, 15) is 9.90 Å². The molecule has 0 saturated heterocycles. The Kier molecular flexibility index (Phi) is 19.1. The van der Waals surface area contributed by atoms with E-state index in [4.69, 9.17) is 0 Å². The maximum absolute atomic E-state index is 12.0. The highest BCUT2D eigenvalue weighted by Gasteiger charge is 2.34. The monoisotopic (exact) mass is 410 g/mol. The molecule has 2 nitrogen and oxygen atoms in total. The molecule has 1 N–H and O–H groups in total. The fourth-order valence-electron chi connectivity index (χ4n) is 4.73. The van der Waals surface area contributed by atoms with Crippen molar-refractivity contribution in [3.8, 4) is 0 Å². The van der Waals surface area contributed by atoms with Crippen molar-refractivity contribution in [1.29, 1.82) is 0 Å². The minimum Gasteiger partial charge on any atom is -0.481 e. The fraction of sp³-hybridized carbons (Fsp3) is 0.963. The smallest absolute Gasteiger partial charge is 0.309 e. The number of hydrogen-bond donors (Lipinski definition) is 1. The van der Waals surface area contributed by atoms with Crippen LogP contribution in [0.15, 0.2) is 0 Å². The molecule has 2 atom stereocenters. The van der Waals surface area contributed by atoms with E-state index in [0.717, 1.165) is 19.3 Å². The Morgan fingerprint density at radius 1 is 0.655 bits per heavy atom. The quantitative estimate of drug-likeness (QED) is 0.180. The summed E-state index contributed by atoms with van der Waals surface area (Å²) in [7, 11) is 0. The van der Waals surface area contributed by atoms with E-state index in [1.165, 1.54) is 109 Å². The highest BCUT2D eigenvalue weighted by atomic mass is 16.4. The van der Waals surface area contributed by atoms with Crippen molar-refractivity contribution >= 4 is 5.97 Å². The molecule has 0 saturated carbocycles. The zero-order valence-electron chi connectivity index (χ0n) is 20.6. The summed E-state index contributed by atoms with van der Waals surface area (Å²) < 4.78 is 0. The molecule has 0 heterocycles. The Hall–Kier alpha value is -0.530. The first-order chi connectivity index (χ1) is 14.0. The van der Waals surface area contributed by atoms with Crippen molar-refractivity contribution in [1.82, 2.24) is 0 Å². The highest BCUT2D eigenvalue weighted by Crippen LogP contribution is 2.36. The van der Waals surface area contributed by atoms with Gasteiger partial charge in [0.2, 0.25) is 0 Å². The summed E-state index contributed by atoms with van der Waals surface area (Å²) in [6.07, 6.45) is 25.1. The third-order valence-corrected chi connectivity index (χ3v) is 6.75. The Bertz CT molecular complexity index is 366.